The molecule has 0 unspecified atom stereocenters. The molecule has 13 heavy (non-hydrogen) atoms. The summed E-state index contributed by atoms with van der Waals surface area (Å²) in [4.78, 5) is 10.2. The minimum absolute atomic E-state index is 0.0596. The van der Waals surface area contributed by atoms with Crippen LogP contribution in [-0.2, 0) is 0 Å². The van der Waals surface area contributed by atoms with Gasteiger partial charge in [-0.3, -0.25) is 10.1 Å². The van der Waals surface area contributed by atoms with Crippen molar-refractivity contribution in [2.24, 2.45) is 0 Å². The Morgan fingerprint density at radius 1 is 1.54 bits per heavy atom. The Labute approximate surface area is 76.3 Å². The van der Waals surface area contributed by atoms with Gasteiger partial charge in [0, 0.05) is 5.56 Å². The number of ether oxygens (including phenoxy) is 1. The van der Waals surface area contributed by atoms with Crippen LogP contribution >= 0.6 is 0 Å². The second-order valence-electron chi connectivity index (χ2n) is 2.61. The van der Waals surface area contributed by atoms with Gasteiger partial charge in [0.15, 0.2) is 5.75 Å². The summed E-state index contributed by atoms with van der Waals surface area (Å²) < 4.78 is 5.14. The molecular formula is C9H11NO3. The molecule has 0 saturated heterocycles. The van der Waals surface area contributed by atoms with Gasteiger partial charge in [-0.15, -0.1) is 0 Å². The molecule has 0 amide bonds. The van der Waals surface area contributed by atoms with E-state index >= 15 is 0 Å². The third-order valence-corrected chi connectivity index (χ3v) is 1.68. The first kappa shape index (κ1) is 9.51. The highest BCUT2D eigenvalue weighted by atomic mass is 16.6. The summed E-state index contributed by atoms with van der Waals surface area (Å²) in [5.74, 6) is 0.340. The van der Waals surface area contributed by atoms with Gasteiger partial charge >= 0.3 is 5.69 Å². The molecule has 0 saturated carbocycles. The molecule has 0 N–H and O–H groups in total. The van der Waals surface area contributed by atoms with Crippen molar-refractivity contribution in [3.8, 4) is 5.75 Å². The minimum atomic E-state index is -0.416. The van der Waals surface area contributed by atoms with E-state index in [4.69, 9.17) is 4.74 Å². The number of nitro benzene ring substituents is 1. The SMILES string of the molecule is CCOc1cccc(C)c1[N+](=O)[O-]. The zero-order valence-corrected chi connectivity index (χ0v) is 7.61. The predicted octanol–water partition coefficient (Wildman–Crippen LogP) is 2.30. The molecule has 0 spiro atoms. The summed E-state index contributed by atoms with van der Waals surface area (Å²) in [5.41, 5.74) is 0.681. The molecule has 0 radical (unpaired) electrons. The number of nitro groups is 1. The van der Waals surface area contributed by atoms with Crippen LogP contribution < -0.4 is 4.74 Å². The van der Waals surface area contributed by atoms with Crippen molar-refractivity contribution in [1.29, 1.82) is 0 Å². The lowest BCUT2D eigenvalue weighted by Gasteiger charge is -2.04. The fourth-order valence-corrected chi connectivity index (χ4v) is 1.14. The summed E-state index contributed by atoms with van der Waals surface area (Å²) in [6.45, 7) is 3.93. The van der Waals surface area contributed by atoms with E-state index in [1.54, 1.807) is 32.0 Å². The van der Waals surface area contributed by atoms with Gasteiger partial charge in [0.05, 0.1) is 11.5 Å². The topological polar surface area (TPSA) is 52.4 Å². The summed E-state index contributed by atoms with van der Waals surface area (Å²) in [5, 5.41) is 10.6. The number of hydrogen-bond acceptors (Lipinski definition) is 3. The Morgan fingerprint density at radius 3 is 2.77 bits per heavy atom. The Bertz CT molecular complexity index is 323. The molecule has 1 aromatic rings. The van der Waals surface area contributed by atoms with Gasteiger partial charge < -0.3 is 4.74 Å². The maximum Gasteiger partial charge on any atom is 0.313 e. The van der Waals surface area contributed by atoms with Gasteiger partial charge in [0.25, 0.3) is 0 Å². The van der Waals surface area contributed by atoms with Gasteiger partial charge in [-0.1, -0.05) is 12.1 Å². The summed E-state index contributed by atoms with van der Waals surface area (Å²) in [6.07, 6.45) is 0. The molecule has 0 heterocycles. The van der Waals surface area contributed by atoms with E-state index in [1.807, 2.05) is 0 Å². The van der Waals surface area contributed by atoms with Crippen molar-refractivity contribution in [2.45, 2.75) is 13.8 Å². The highest BCUT2D eigenvalue weighted by Gasteiger charge is 2.17. The second kappa shape index (κ2) is 3.89. The molecular weight excluding hydrogens is 170 g/mol. The molecule has 1 rings (SSSR count). The maximum absolute atomic E-state index is 10.6. The number of aryl methyl sites for hydroxylation is 1. The number of hydrogen-bond donors (Lipinski definition) is 0. The van der Waals surface area contributed by atoms with Crippen LogP contribution in [0.4, 0.5) is 5.69 Å². The van der Waals surface area contributed by atoms with Crippen LogP contribution in [0.3, 0.4) is 0 Å². The Kier molecular flexibility index (Phi) is 2.84. The maximum atomic E-state index is 10.6. The van der Waals surface area contributed by atoms with Crippen molar-refractivity contribution in [3.05, 3.63) is 33.9 Å². The van der Waals surface area contributed by atoms with Gasteiger partial charge in [0.2, 0.25) is 0 Å². The molecule has 0 aromatic heterocycles. The fraction of sp³-hybridized carbons (Fsp3) is 0.333. The van der Waals surface area contributed by atoms with Crippen LogP contribution in [0.1, 0.15) is 12.5 Å². The van der Waals surface area contributed by atoms with Crippen LogP contribution in [-0.4, -0.2) is 11.5 Å². The quantitative estimate of drug-likeness (QED) is 0.531. The van der Waals surface area contributed by atoms with E-state index < -0.39 is 4.92 Å². The summed E-state index contributed by atoms with van der Waals surface area (Å²) >= 11 is 0. The van der Waals surface area contributed by atoms with Crippen molar-refractivity contribution in [1.82, 2.24) is 0 Å². The Balaban J connectivity index is 3.17. The average Bonchev–Trinajstić information content (AvgIpc) is 2.04. The van der Waals surface area contributed by atoms with Crippen molar-refractivity contribution in [3.63, 3.8) is 0 Å². The molecule has 0 aliphatic rings. The molecule has 0 atom stereocenters. The van der Waals surface area contributed by atoms with E-state index in [1.165, 1.54) is 0 Å². The normalized spacial score (nSPS) is 9.69. The smallest absolute Gasteiger partial charge is 0.313 e. The van der Waals surface area contributed by atoms with E-state index in [0.29, 0.717) is 17.9 Å². The van der Waals surface area contributed by atoms with Crippen LogP contribution in [0.25, 0.3) is 0 Å². The highest BCUT2D eigenvalue weighted by molar-refractivity contribution is 5.51. The second-order valence-corrected chi connectivity index (χ2v) is 2.61. The van der Waals surface area contributed by atoms with E-state index in [0.717, 1.165) is 0 Å². The molecule has 70 valence electrons. The first-order chi connectivity index (χ1) is 6.16. The molecule has 0 bridgehead atoms. The standard InChI is InChI=1S/C9H11NO3/c1-3-13-8-6-4-5-7(2)9(8)10(11)12/h4-6H,3H2,1-2H3. The van der Waals surface area contributed by atoms with Crippen LogP contribution in [0.5, 0.6) is 5.75 Å². The highest BCUT2D eigenvalue weighted by Crippen LogP contribution is 2.29. The van der Waals surface area contributed by atoms with Crippen LogP contribution in [0, 0.1) is 17.0 Å². The molecule has 0 aliphatic carbocycles. The molecule has 0 fully saturated rings. The molecule has 4 heteroatoms. The Morgan fingerprint density at radius 2 is 2.23 bits per heavy atom. The van der Waals surface area contributed by atoms with Crippen molar-refractivity contribution in [2.75, 3.05) is 6.61 Å². The van der Waals surface area contributed by atoms with E-state index in [2.05, 4.69) is 0 Å². The van der Waals surface area contributed by atoms with Gasteiger partial charge in [-0.05, 0) is 19.9 Å². The zero-order chi connectivity index (χ0) is 9.84. The number of para-hydroxylation sites is 1. The monoisotopic (exact) mass is 181 g/mol. The number of nitrogens with zero attached hydrogens (tertiary/aromatic N) is 1. The van der Waals surface area contributed by atoms with Crippen molar-refractivity contribution < 1.29 is 9.66 Å². The van der Waals surface area contributed by atoms with Crippen LogP contribution in [0.15, 0.2) is 18.2 Å². The molecule has 0 aliphatic heterocycles. The fourth-order valence-electron chi connectivity index (χ4n) is 1.14. The number of benzene rings is 1. The lowest BCUT2D eigenvalue weighted by Crippen LogP contribution is -1.98. The van der Waals surface area contributed by atoms with Gasteiger partial charge in [-0.2, -0.15) is 0 Å². The van der Waals surface area contributed by atoms with E-state index in [-0.39, 0.29) is 5.69 Å². The van der Waals surface area contributed by atoms with Gasteiger partial charge in [0.1, 0.15) is 0 Å². The third-order valence-electron chi connectivity index (χ3n) is 1.68. The predicted molar refractivity (Wildman–Crippen MR) is 49.0 cm³/mol. The number of rotatable bonds is 3. The molecule has 4 nitrogen and oxygen atoms in total. The largest absolute Gasteiger partial charge is 0.487 e. The minimum Gasteiger partial charge on any atom is -0.487 e. The molecule has 1 aromatic carbocycles. The lowest BCUT2D eigenvalue weighted by molar-refractivity contribution is -0.386. The van der Waals surface area contributed by atoms with E-state index in [9.17, 15) is 10.1 Å². The van der Waals surface area contributed by atoms with Crippen molar-refractivity contribution >= 4 is 5.69 Å². The average molecular weight is 181 g/mol. The third kappa shape index (κ3) is 1.96. The van der Waals surface area contributed by atoms with Gasteiger partial charge in [-0.25, -0.2) is 0 Å². The van der Waals surface area contributed by atoms with Crippen LogP contribution in [0.2, 0.25) is 0 Å². The first-order valence-electron chi connectivity index (χ1n) is 4.03. The lowest BCUT2D eigenvalue weighted by atomic mass is 10.2. The summed E-state index contributed by atoms with van der Waals surface area (Å²) in [6, 6.07) is 5.04. The summed E-state index contributed by atoms with van der Waals surface area (Å²) in [7, 11) is 0. The Hall–Kier alpha value is -1.58. The zero-order valence-electron chi connectivity index (χ0n) is 7.61. The first-order valence-corrected chi connectivity index (χ1v) is 4.03.